The van der Waals surface area contributed by atoms with Crippen LogP contribution in [0.25, 0.3) is 0 Å². The molecule has 1 unspecified atom stereocenters. The van der Waals surface area contributed by atoms with Crippen molar-refractivity contribution in [3.63, 3.8) is 0 Å². The highest BCUT2D eigenvalue weighted by Crippen LogP contribution is 2.40. The molecule has 1 saturated carbocycles. The van der Waals surface area contributed by atoms with Gasteiger partial charge in [0.1, 0.15) is 5.41 Å². The van der Waals surface area contributed by atoms with Crippen molar-refractivity contribution in [3.05, 3.63) is 11.7 Å². The van der Waals surface area contributed by atoms with E-state index in [0.717, 1.165) is 38.5 Å². The second-order valence-electron chi connectivity index (χ2n) is 5.63. The number of nitrogens with zero attached hydrogens (tertiary/aromatic N) is 2. The van der Waals surface area contributed by atoms with Gasteiger partial charge < -0.3 is 9.26 Å². The van der Waals surface area contributed by atoms with Crippen molar-refractivity contribution < 1.29 is 14.1 Å². The Morgan fingerprint density at radius 2 is 2.05 bits per heavy atom. The second-order valence-corrected chi connectivity index (χ2v) is 5.63. The van der Waals surface area contributed by atoms with Crippen LogP contribution in [0.3, 0.4) is 0 Å². The van der Waals surface area contributed by atoms with Gasteiger partial charge in [-0.25, -0.2) is 0 Å². The summed E-state index contributed by atoms with van der Waals surface area (Å²) in [5.74, 6) is 1.18. The van der Waals surface area contributed by atoms with Crippen molar-refractivity contribution in [3.8, 4) is 0 Å². The lowest BCUT2D eigenvalue weighted by Crippen LogP contribution is -2.39. The lowest BCUT2D eigenvalue weighted by Gasteiger charge is -2.31. The molecular formula is C15H24N2O3. The van der Waals surface area contributed by atoms with Crippen molar-refractivity contribution >= 4 is 5.97 Å². The molecule has 0 N–H and O–H groups in total. The van der Waals surface area contributed by atoms with Crippen LogP contribution in [0, 0.1) is 0 Å². The smallest absolute Gasteiger partial charge is 0.321 e. The minimum Gasteiger partial charge on any atom is -0.465 e. The van der Waals surface area contributed by atoms with Gasteiger partial charge in [0.2, 0.25) is 5.89 Å². The minimum atomic E-state index is -0.715. The molecule has 112 valence electrons. The Balaban J connectivity index is 2.31. The second kappa shape index (κ2) is 6.37. The molecule has 0 bridgehead atoms. The van der Waals surface area contributed by atoms with Gasteiger partial charge in [-0.2, -0.15) is 4.98 Å². The van der Waals surface area contributed by atoms with Crippen LogP contribution in [0.15, 0.2) is 4.52 Å². The maximum absolute atomic E-state index is 12.4. The fraction of sp³-hybridized carbons (Fsp3) is 0.800. The highest BCUT2D eigenvalue weighted by Gasteiger charge is 2.47. The molecular weight excluding hydrogens is 256 g/mol. The van der Waals surface area contributed by atoms with Crippen LogP contribution < -0.4 is 0 Å². The molecule has 0 spiro atoms. The van der Waals surface area contributed by atoms with Crippen molar-refractivity contribution in [2.24, 2.45) is 0 Å². The van der Waals surface area contributed by atoms with Crippen LogP contribution in [0.5, 0.6) is 0 Å². The summed E-state index contributed by atoms with van der Waals surface area (Å²) in [5, 5.41) is 4.06. The first-order valence-electron chi connectivity index (χ1n) is 7.65. The Hall–Kier alpha value is -1.39. The third kappa shape index (κ3) is 2.72. The number of rotatable bonds is 5. The molecule has 0 amide bonds. The van der Waals surface area contributed by atoms with Gasteiger partial charge in [0.05, 0.1) is 6.61 Å². The number of ether oxygens (including phenoxy) is 1. The fourth-order valence-electron chi connectivity index (χ4n) is 2.74. The molecule has 5 heteroatoms. The van der Waals surface area contributed by atoms with E-state index in [1.54, 1.807) is 0 Å². The standard InChI is InChI=1S/C15H24N2O3/c1-4-11(3)12-16-13(20-17-12)15(14(18)19-5-2)9-7-6-8-10-15/h11H,4-10H2,1-3H3. The largest absolute Gasteiger partial charge is 0.465 e. The van der Waals surface area contributed by atoms with Gasteiger partial charge in [-0.1, -0.05) is 38.3 Å². The molecule has 0 aliphatic heterocycles. The predicted molar refractivity (Wildman–Crippen MR) is 74.4 cm³/mol. The van der Waals surface area contributed by atoms with E-state index in [9.17, 15) is 4.79 Å². The van der Waals surface area contributed by atoms with Crippen molar-refractivity contribution in [1.29, 1.82) is 0 Å². The van der Waals surface area contributed by atoms with Crippen molar-refractivity contribution in [1.82, 2.24) is 10.1 Å². The number of carbonyl (C=O) groups is 1. The quantitative estimate of drug-likeness (QED) is 0.774. The van der Waals surface area contributed by atoms with Gasteiger partial charge in [0.25, 0.3) is 0 Å². The average molecular weight is 280 g/mol. The van der Waals surface area contributed by atoms with Crippen molar-refractivity contribution in [2.75, 3.05) is 6.61 Å². The van der Waals surface area contributed by atoms with E-state index in [1.165, 1.54) is 0 Å². The van der Waals surface area contributed by atoms with Gasteiger partial charge in [0.15, 0.2) is 5.82 Å². The Labute approximate surface area is 120 Å². The summed E-state index contributed by atoms with van der Waals surface area (Å²) in [7, 11) is 0. The molecule has 0 aromatic carbocycles. The average Bonchev–Trinajstić information content (AvgIpc) is 2.97. The summed E-state index contributed by atoms with van der Waals surface area (Å²) in [4.78, 5) is 16.9. The van der Waals surface area contributed by atoms with Crippen molar-refractivity contribution in [2.45, 2.75) is 70.6 Å². The van der Waals surface area contributed by atoms with E-state index in [-0.39, 0.29) is 11.9 Å². The summed E-state index contributed by atoms with van der Waals surface area (Å²) in [6.07, 6.45) is 5.58. The SMILES string of the molecule is CCOC(=O)C1(c2nc(C(C)CC)no2)CCCCC1. The van der Waals surface area contributed by atoms with Crippen LogP contribution in [0.1, 0.15) is 76.9 Å². The van der Waals surface area contributed by atoms with E-state index < -0.39 is 5.41 Å². The Morgan fingerprint density at radius 1 is 1.35 bits per heavy atom. The highest BCUT2D eigenvalue weighted by molar-refractivity contribution is 5.82. The topological polar surface area (TPSA) is 65.2 Å². The van der Waals surface area contributed by atoms with Gasteiger partial charge in [0, 0.05) is 5.92 Å². The van der Waals surface area contributed by atoms with E-state index in [1.807, 2.05) is 6.92 Å². The Bertz CT molecular complexity index is 450. The third-order valence-electron chi connectivity index (χ3n) is 4.28. The summed E-state index contributed by atoms with van der Waals surface area (Å²) in [6, 6.07) is 0. The van der Waals surface area contributed by atoms with E-state index in [4.69, 9.17) is 9.26 Å². The molecule has 1 heterocycles. The third-order valence-corrected chi connectivity index (χ3v) is 4.28. The number of aromatic nitrogens is 2. The van der Waals surface area contributed by atoms with E-state index in [2.05, 4.69) is 24.0 Å². The van der Waals surface area contributed by atoms with Crippen LogP contribution in [0.4, 0.5) is 0 Å². The number of hydrogen-bond acceptors (Lipinski definition) is 5. The molecule has 1 aliphatic rings. The normalized spacial score (nSPS) is 19.6. The van der Waals surface area contributed by atoms with Gasteiger partial charge in [-0.05, 0) is 26.2 Å². The Morgan fingerprint density at radius 3 is 2.65 bits per heavy atom. The zero-order valence-electron chi connectivity index (χ0n) is 12.6. The number of esters is 1. The summed E-state index contributed by atoms with van der Waals surface area (Å²) < 4.78 is 10.7. The zero-order chi connectivity index (χ0) is 14.6. The molecule has 0 radical (unpaired) electrons. The van der Waals surface area contributed by atoms with E-state index in [0.29, 0.717) is 18.3 Å². The predicted octanol–water partition coefficient (Wildman–Crippen LogP) is 3.35. The first kappa shape index (κ1) is 15.0. The molecule has 1 atom stereocenters. The summed E-state index contributed by atoms with van der Waals surface area (Å²) in [5.41, 5.74) is -0.715. The zero-order valence-corrected chi connectivity index (χ0v) is 12.6. The van der Waals surface area contributed by atoms with Gasteiger partial charge in [-0.3, -0.25) is 4.79 Å². The monoisotopic (exact) mass is 280 g/mol. The maximum atomic E-state index is 12.4. The maximum Gasteiger partial charge on any atom is 0.321 e. The van der Waals surface area contributed by atoms with Crippen LogP contribution in [-0.2, 0) is 14.9 Å². The highest BCUT2D eigenvalue weighted by atomic mass is 16.5. The van der Waals surface area contributed by atoms with Crippen LogP contribution in [0.2, 0.25) is 0 Å². The van der Waals surface area contributed by atoms with Crippen LogP contribution in [-0.4, -0.2) is 22.7 Å². The molecule has 1 aromatic rings. The number of hydrogen-bond donors (Lipinski definition) is 0. The van der Waals surface area contributed by atoms with E-state index >= 15 is 0 Å². The molecule has 2 rings (SSSR count). The van der Waals surface area contributed by atoms with Gasteiger partial charge >= 0.3 is 5.97 Å². The molecule has 1 fully saturated rings. The molecule has 1 aliphatic carbocycles. The molecule has 1 aromatic heterocycles. The molecule has 0 saturated heterocycles. The summed E-state index contributed by atoms with van der Waals surface area (Å²) in [6.45, 7) is 6.36. The summed E-state index contributed by atoms with van der Waals surface area (Å²) >= 11 is 0. The lowest BCUT2D eigenvalue weighted by molar-refractivity contribution is -0.152. The first-order chi connectivity index (χ1) is 9.64. The first-order valence-corrected chi connectivity index (χ1v) is 7.65. The molecule has 5 nitrogen and oxygen atoms in total. The lowest BCUT2D eigenvalue weighted by atomic mass is 9.74. The Kier molecular flexibility index (Phi) is 4.78. The van der Waals surface area contributed by atoms with Gasteiger partial charge in [-0.15, -0.1) is 0 Å². The minimum absolute atomic E-state index is 0.209. The van der Waals surface area contributed by atoms with Crippen LogP contribution >= 0.6 is 0 Å². The fourth-order valence-corrected chi connectivity index (χ4v) is 2.74. The molecule has 20 heavy (non-hydrogen) atoms. The number of carbonyl (C=O) groups excluding carboxylic acids is 1.